The number of piperidine rings is 1. The van der Waals surface area contributed by atoms with Gasteiger partial charge in [0, 0.05) is 11.4 Å². The number of likely N-dealkylation sites (tertiary alicyclic amines) is 1. The van der Waals surface area contributed by atoms with E-state index in [0.717, 1.165) is 30.4 Å². The van der Waals surface area contributed by atoms with Crippen LogP contribution in [0.3, 0.4) is 0 Å². The van der Waals surface area contributed by atoms with Crippen LogP contribution in [0.2, 0.25) is 5.02 Å². The first-order valence-corrected chi connectivity index (χ1v) is 7.41. The Balaban J connectivity index is 1.78. The van der Waals surface area contributed by atoms with E-state index in [9.17, 15) is 0 Å². The van der Waals surface area contributed by atoms with Gasteiger partial charge in [0.15, 0.2) is 0 Å². The van der Waals surface area contributed by atoms with E-state index in [4.69, 9.17) is 11.6 Å². The predicted molar refractivity (Wildman–Crippen MR) is 72.7 cm³/mol. The third kappa shape index (κ3) is 2.43. The zero-order valence-corrected chi connectivity index (χ0v) is 11.5. The quantitative estimate of drug-likeness (QED) is 0.940. The van der Waals surface area contributed by atoms with Crippen molar-refractivity contribution in [2.24, 2.45) is 0 Å². The van der Waals surface area contributed by atoms with Gasteiger partial charge in [-0.25, -0.2) is 4.98 Å². The summed E-state index contributed by atoms with van der Waals surface area (Å²) >= 11 is 7.90. The number of thiophene rings is 1. The molecule has 6 heteroatoms. The molecule has 3 rings (SSSR count). The number of aromatic nitrogens is 3. The highest BCUT2D eigenvalue weighted by Gasteiger charge is 2.26. The minimum atomic E-state index is 0.347. The van der Waals surface area contributed by atoms with E-state index in [1.807, 2.05) is 11.4 Å². The zero-order chi connectivity index (χ0) is 12.4. The number of aromatic amines is 1. The van der Waals surface area contributed by atoms with Crippen molar-refractivity contribution >= 4 is 22.9 Å². The number of nitrogens with one attached hydrogen (secondary N) is 1. The number of halogens is 1. The summed E-state index contributed by atoms with van der Waals surface area (Å²) in [5.41, 5.74) is 0. The summed E-state index contributed by atoms with van der Waals surface area (Å²) < 4.78 is 0. The van der Waals surface area contributed by atoms with Gasteiger partial charge in [-0.2, -0.15) is 5.10 Å². The molecule has 2 aromatic rings. The summed E-state index contributed by atoms with van der Waals surface area (Å²) in [4.78, 5) is 7.99. The molecular formula is C12H15ClN4S. The van der Waals surface area contributed by atoms with Crippen LogP contribution >= 0.6 is 22.9 Å². The van der Waals surface area contributed by atoms with E-state index >= 15 is 0 Å². The van der Waals surface area contributed by atoms with Gasteiger partial charge in [0.1, 0.15) is 12.2 Å². The van der Waals surface area contributed by atoms with Gasteiger partial charge >= 0.3 is 0 Å². The molecule has 1 aliphatic rings. The van der Waals surface area contributed by atoms with Gasteiger partial charge in [0.25, 0.3) is 0 Å². The van der Waals surface area contributed by atoms with Gasteiger partial charge in [-0.3, -0.25) is 10.00 Å². The van der Waals surface area contributed by atoms with Crippen LogP contribution in [-0.4, -0.2) is 26.6 Å². The van der Waals surface area contributed by atoms with E-state index < -0.39 is 0 Å². The maximum absolute atomic E-state index is 6.18. The summed E-state index contributed by atoms with van der Waals surface area (Å²) in [5, 5.41) is 9.88. The first-order valence-electron chi connectivity index (χ1n) is 6.16. The molecular weight excluding hydrogens is 268 g/mol. The molecule has 3 heterocycles. The molecule has 0 unspecified atom stereocenters. The van der Waals surface area contributed by atoms with Crippen LogP contribution in [0.25, 0.3) is 0 Å². The van der Waals surface area contributed by atoms with Crippen molar-refractivity contribution < 1.29 is 0 Å². The fourth-order valence-corrected chi connectivity index (χ4v) is 3.61. The summed E-state index contributed by atoms with van der Waals surface area (Å²) in [5.74, 6) is 0.974. The Kier molecular flexibility index (Phi) is 3.63. The fourth-order valence-electron chi connectivity index (χ4n) is 2.49. The van der Waals surface area contributed by atoms with Crippen LogP contribution in [0, 0.1) is 0 Å². The monoisotopic (exact) mass is 282 g/mol. The van der Waals surface area contributed by atoms with Gasteiger partial charge in [0.05, 0.1) is 11.1 Å². The molecule has 0 radical (unpaired) electrons. The number of rotatable bonds is 3. The molecule has 1 N–H and O–H groups in total. The molecule has 1 saturated heterocycles. The molecule has 0 aliphatic carbocycles. The van der Waals surface area contributed by atoms with E-state index in [-0.39, 0.29) is 0 Å². The highest BCUT2D eigenvalue weighted by molar-refractivity contribution is 7.10. The second-order valence-electron chi connectivity index (χ2n) is 4.54. The Bertz CT molecular complexity index is 496. The number of hydrogen-bond acceptors (Lipinski definition) is 4. The summed E-state index contributed by atoms with van der Waals surface area (Å²) in [6.45, 7) is 2.00. The summed E-state index contributed by atoms with van der Waals surface area (Å²) in [6.07, 6.45) is 5.21. The molecule has 0 bridgehead atoms. The molecule has 0 saturated carbocycles. The Labute approximate surface area is 115 Å². The van der Waals surface area contributed by atoms with Crippen LogP contribution in [-0.2, 0) is 6.54 Å². The van der Waals surface area contributed by atoms with Gasteiger partial charge in [-0.1, -0.05) is 18.0 Å². The summed E-state index contributed by atoms with van der Waals surface area (Å²) in [7, 11) is 0. The molecule has 1 fully saturated rings. The number of nitrogens with zero attached hydrogens (tertiary/aromatic N) is 3. The molecule has 4 nitrogen and oxygen atoms in total. The van der Waals surface area contributed by atoms with E-state index in [0.29, 0.717) is 6.04 Å². The van der Waals surface area contributed by atoms with Gasteiger partial charge in [-0.05, 0) is 30.8 Å². The normalized spacial score (nSPS) is 21.3. The van der Waals surface area contributed by atoms with Crippen molar-refractivity contribution in [3.63, 3.8) is 0 Å². The predicted octanol–water partition coefficient (Wildman–Crippen LogP) is 3.25. The lowest BCUT2D eigenvalue weighted by Gasteiger charge is -2.33. The van der Waals surface area contributed by atoms with Crippen molar-refractivity contribution in [1.29, 1.82) is 0 Å². The van der Waals surface area contributed by atoms with Gasteiger partial charge in [-0.15, -0.1) is 11.3 Å². The van der Waals surface area contributed by atoms with Crippen LogP contribution in [0.1, 0.15) is 36.0 Å². The molecule has 0 amide bonds. The topological polar surface area (TPSA) is 44.8 Å². The molecule has 0 spiro atoms. The van der Waals surface area contributed by atoms with Crippen molar-refractivity contribution in [3.05, 3.63) is 33.5 Å². The van der Waals surface area contributed by atoms with Crippen LogP contribution in [0.5, 0.6) is 0 Å². The van der Waals surface area contributed by atoms with Crippen LogP contribution in [0.4, 0.5) is 0 Å². The number of hydrogen-bond donors (Lipinski definition) is 1. The lowest BCUT2D eigenvalue weighted by molar-refractivity contribution is 0.135. The first kappa shape index (κ1) is 12.1. The lowest BCUT2D eigenvalue weighted by Crippen LogP contribution is -2.33. The third-order valence-electron chi connectivity index (χ3n) is 3.40. The molecule has 2 aromatic heterocycles. The average molecular weight is 283 g/mol. The largest absolute Gasteiger partial charge is 0.288 e. The average Bonchev–Trinajstić information content (AvgIpc) is 3.03. The van der Waals surface area contributed by atoms with E-state index in [2.05, 4.69) is 20.1 Å². The standard InChI is InChI=1S/C12H15ClN4S/c13-9-4-6-18-11(9)7-17-5-2-1-3-10(17)12-14-8-15-16-12/h4,6,8,10H,1-3,5,7H2,(H,14,15,16)/t10-/m1/s1. The summed E-state index contributed by atoms with van der Waals surface area (Å²) in [6, 6.07) is 2.31. The Hall–Kier alpha value is -0.910. The van der Waals surface area contributed by atoms with Crippen molar-refractivity contribution in [3.8, 4) is 0 Å². The zero-order valence-electron chi connectivity index (χ0n) is 9.97. The van der Waals surface area contributed by atoms with Crippen molar-refractivity contribution in [2.45, 2.75) is 31.8 Å². The van der Waals surface area contributed by atoms with Gasteiger partial charge < -0.3 is 0 Å². The molecule has 1 atom stereocenters. The molecule has 1 aliphatic heterocycles. The highest BCUT2D eigenvalue weighted by atomic mass is 35.5. The fraction of sp³-hybridized carbons (Fsp3) is 0.500. The Morgan fingerprint density at radius 1 is 1.50 bits per heavy atom. The maximum atomic E-state index is 6.18. The smallest absolute Gasteiger partial charge is 0.141 e. The molecule has 18 heavy (non-hydrogen) atoms. The molecule has 96 valence electrons. The van der Waals surface area contributed by atoms with E-state index in [1.54, 1.807) is 17.7 Å². The Morgan fingerprint density at radius 3 is 3.17 bits per heavy atom. The van der Waals surface area contributed by atoms with Crippen molar-refractivity contribution in [1.82, 2.24) is 20.1 Å². The van der Waals surface area contributed by atoms with Crippen LogP contribution < -0.4 is 0 Å². The van der Waals surface area contributed by atoms with Crippen molar-refractivity contribution in [2.75, 3.05) is 6.54 Å². The van der Waals surface area contributed by atoms with E-state index in [1.165, 1.54) is 17.7 Å². The van der Waals surface area contributed by atoms with Gasteiger partial charge in [0.2, 0.25) is 0 Å². The maximum Gasteiger partial charge on any atom is 0.141 e. The SMILES string of the molecule is Clc1ccsc1CN1CCCC[C@@H]1c1ncn[nH]1. The third-order valence-corrected chi connectivity index (χ3v) is 4.77. The van der Waals surface area contributed by atoms with Crippen LogP contribution in [0.15, 0.2) is 17.8 Å². The second-order valence-corrected chi connectivity index (χ2v) is 5.95. The molecule has 0 aromatic carbocycles. The number of H-pyrrole nitrogens is 1. The second kappa shape index (κ2) is 5.38. The lowest BCUT2D eigenvalue weighted by atomic mass is 10.0. The minimum absolute atomic E-state index is 0.347. The minimum Gasteiger partial charge on any atom is -0.288 e. The first-order chi connectivity index (χ1) is 8.84. The highest BCUT2D eigenvalue weighted by Crippen LogP contribution is 2.32. The Morgan fingerprint density at radius 2 is 2.44 bits per heavy atom.